The Hall–Kier alpha value is -3.10. The van der Waals surface area contributed by atoms with E-state index in [1.165, 1.54) is 18.2 Å². The van der Waals surface area contributed by atoms with E-state index in [1.54, 1.807) is 31.2 Å². The van der Waals surface area contributed by atoms with E-state index in [-0.39, 0.29) is 40.3 Å². The van der Waals surface area contributed by atoms with E-state index in [1.807, 2.05) is 0 Å². The van der Waals surface area contributed by atoms with Gasteiger partial charge in [-0.2, -0.15) is 0 Å². The smallest absolute Gasteiger partial charge is 0.328 e. The highest BCUT2D eigenvalue weighted by Crippen LogP contribution is 2.35. The van der Waals surface area contributed by atoms with Gasteiger partial charge in [-0.3, -0.25) is 19.8 Å². The highest BCUT2D eigenvalue weighted by Gasteiger charge is 2.32. The van der Waals surface area contributed by atoms with Crippen molar-refractivity contribution in [2.45, 2.75) is 13.5 Å². The maximum atomic E-state index is 12.2. The molecule has 0 spiro atoms. The molecule has 1 aliphatic heterocycles. The monoisotopic (exact) mass is 435 g/mol. The topological polar surface area (TPSA) is 102 Å². The van der Waals surface area contributed by atoms with E-state index in [2.05, 4.69) is 5.32 Å². The van der Waals surface area contributed by atoms with Crippen LogP contribution in [0.25, 0.3) is 6.08 Å². The fourth-order valence-corrected chi connectivity index (χ4v) is 3.31. The first-order valence-electron chi connectivity index (χ1n) is 8.50. The molecule has 1 saturated heterocycles. The molecule has 1 heterocycles. The van der Waals surface area contributed by atoms with Gasteiger partial charge in [-0.05, 0) is 48.4 Å². The van der Waals surface area contributed by atoms with E-state index in [0.29, 0.717) is 11.1 Å². The first-order valence-corrected chi connectivity index (χ1v) is 9.25. The summed E-state index contributed by atoms with van der Waals surface area (Å²) in [6.45, 7) is 2.07. The van der Waals surface area contributed by atoms with Crippen LogP contribution in [0.3, 0.4) is 0 Å². The number of ether oxygens (including phenoxy) is 1. The number of nitro benzene ring substituents is 1. The van der Waals surface area contributed by atoms with Crippen LogP contribution >= 0.6 is 23.2 Å². The molecule has 3 amide bonds. The minimum atomic E-state index is -0.483. The van der Waals surface area contributed by atoms with Gasteiger partial charge in [0.05, 0.1) is 15.0 Å². The summed E-state index contributed by atoms with van der Waals surface area (Å²) in [5, 5.41) is 13.6. The number of hydrogen-bond donors (Lipinski definition) is 1. The zero-order valence-corrected chi connectivity index (χ0v) is 16.7. The summed E-state index contributed by atoms with van der Waals surface area (Å²) in [5.41, 5.74) is 1.33. The van der Waals surface area contributed by atoms with Crippen LogP contribution in [-0.4, -0.2) is 28.3 Å². The van der Waals surface area contributed by atoms with Crippen LogP contribution in [0.15, 0.2) is 42.1 Å². The fourth-order valence-electron chi connectivity index (χ4n) is 2.70. The number of nitrogens with one attached hydrogen (secondary N) is 1. The molecule has 3 rings (SSSR count). The number of likely N-dealkylation sites (N-methyl/N-ethyl adjacent to an activating group) is 1. The molecule has 150 valence electrons. The molecule has 1 fully saturated rings. The molecule has 29 heavy (non-hydrogen) atoms. The van der Waals surface area contributed by atoms with E-state index >= 15 is 0 Å². The second-order valence-corrected chi connectivity index (χ2v) is 6.88. The number of urea groups is 1. The molecule has 1 aliphatic rings. The average molecular weight is 436 g/mol. The second-order valence-electron chi connectivity index (χ2n) is 6.06. The number of amides is 3. The summed E-state index contributed by atoms with van der Waals surface area (Å²) in [6, 6.07) is 8.54. The number of nitro groups is 1. The SMILES string of the molecule is CCN1C(=O)N/C(=C/c2cc(Cl)c(OCc3ccc([N+](=O)[O-])cc3)c(Cl)c2)C1=O. The van der Waals surface area contributed by atoms with E-state index in [9.17, 15) is 19.7 Å². The van der Waals surface area contributed by atoms with Gasteiger partial charge >= 0.3 is 6.03 Å². The van der Waals surface area contributed by atoms with Crippen LogP contribution in [-0.2, 0) is 11.4 Å². The predicted molar refractivity (Wildman–Crippen MR) is 108 cm³/mol. The van der Waals surface area contributed by atoms with Crippen LogP contribution < -0.4 is 10.1 Å². The summed E-state index contributed by atoms with van der Waals surface area (Å²) in [7, 11) is 0. The molecule has 1 N–H and O–H groups in total. The molecule has 10 heteroatoms. The maximum Gasteiger partial charge on any atom is 0.328 e. The lowest BCUT2D eigenvalue weighted by Crippen LogP contribution is -2.30. The Labute approximate surface area is 175 Å². The molecule has 0 unspecified atom stereocenters. The van der Waals surface area contributed by atoms with Crippen LogP contribution in [0.2, 0.25) is 10.0 Å². The number of benzene rings is 2. The van der Waals surface area contributed by atoms with Crippen molar-refractivity contribution in [2.75, 3.05) is 6.54 Å². The number of imide groups is 1. The highest BCUT2D eigenvalue weighted by molar-refractivity contribution is 6.37. The summed E-state index contributed by atoms with van der Waals surface area (Å²) in [5.74, 6) is -0.186. The molecule has 0 aliphatic carbocycles. The van der Waals surface area contributed by atoms with Crippen LogP contribution in [0.4, 0.5) is 10.5 Å². The summed E-state index contributed by atoms with van der Waals surface area (Å²) >= 11 is 12.5. The quantitative estimate of drug-likeness (QED) is 0.313. The van der Waals surface area contributed by atoms with Gasteiger partial charge in [0, 0.05) is 18.7 Å². The number of carbonyl (C=O) groups excluding carboxylic acids is 2. The lowest BCUT2D eigenvalue weighted by atomic mass is 10.1. The van der Waals surface area contributed by atoms with Gasteiger partial charge < -0.3 is 10.1 Å². The second kappa shape index (κ2) is 8.50. The molecule has 0 atom stereocenters. The van der Waals surface area contributed by atoms with Crippen LogP contribution in [0.1, 0.15) is 18.1 Å². The number of halogens is 2. The van der Waals surface area contributed by atoms with E-state index < -0.39 is 16.9 Å². The average Bonchev–Trinajstić information content (AvgIpc) is 2.94. The number of carbonyl (C=O) groups is 2. The Kier molecular flexibility index (Phi) is 6.05. The van der Waals surface area contributed by atoms with Gasteiger partial charge in [0.1, 0.15) is 12.3 Å². The van der Waals surface area contributed by atoms with Crippen molar-refractivity contribution in [3.05, 3.63) is 73.4 Å². The first-order chi connectivity index (χ1) is 13.8. The summed E-state index contributed by atoms with van der Waals surface area (Å²) in [6.07, 6.45) is 1.48. The van der Waals surface area contributed by atoms with Crippen molar-refractivity contribution in [3.63, 3.8) is 0 Å². The third-order valence-electron chi connectivity index (χ3n) is 4.14. The Morgan fingerprint density at radius 1 is 1.17 bits per heavy atom. The minimum Gasteiger partial charge on any atom is -0.486 e. The standard InChI is InChI=1S/C19H15Cl2N3O5/c1-2-23-18(25)16(22-19(23)26)9-12-7-14(20)17(15(21)8-12)29-10-11-3-5-13(6-4-11)24(27)28/h3-9H,2,10H2,1H3,(H,22,26)/b16-9+. The van der Waals surface area contributed by atoms with Gasteiger partial charge in [0.2, 0.25) is 0 Å². The van der Waals surface area contributed by atoms with Gasteiger partial charge in [0.15, 0.2) is 5.75 Å². The zero-order valence-electron chi connectivity index (χ0n) is 15.1. The zero-order chi connectivity index (χ0) is 21.1. The van der Waals surface area contributed by atoms with Gasteiger partial charge in [-0.15, -0.1) is 0 Å². The number of hydrogen-bond acceptors (Lipinski definition) is 5. The van der Waals surface area contributed by atoms with Gasteiger partial charge in [-0.25, -0.2) is 4.79 Å². The number of rotatable bonds is 6. The Morgan fingerprint density at radius 3 is 2.31 bits per heavy atom. The van der Waals surface area contributed by atoms with Crippen LogP contribution in [0.5, 0.6) is 5.75 Å². The highest BCUT2D eigenvalue weighted by atomic mass is 35.5. The Balaban J connectivity index is 1.76. The van der Waals surface area contributed by atoms with E-state index in [0.717, 1.165) is 4.90 Å². The van der Waals surface area contributed by atoms with E-state index in [4.69, 9.17) is 27.9 Å². The van der Waals surface area contributed by atoms with Gasteiger partial charge in [0.25, 0.3) is 11.6 Å². The van der Waals surface area contributed by atoms with Gasteiger partial charge in [-0.1, -0.05) is 23.2 Å². The lowest BCUT2D eigenvalue weighted by molar-refractivity contribution is -0.384. The first kappa shape index (κ1) is 20.6. The predicted octanol–water partition coefficient (Wildman–Crippen LogP) is 4.39. The largest absolute Gasteiger partial charge is 0.486 e. The summed E-state index contributed by atoms with van der Waals surface area (Å²) in [4.78, 5) is 35.2. The van der Waals surface area contributed by atoms with Crippen molar-refractivity contribution in [2.24, 2.45) is 0 Å². The van der Waals surface area contributed by atoms with Crippen molar-refractivity contribution in [1.29, 1.82) is 0 Å². The molecular weight excluding hydrogens is 421 g/mol. The number of nitrogens with zero attached hydrogens (tertiary/aromatic N) is 2. The maximum absolute atomic E-state index is 12.2. The van der Waals surface area contributed by atoms with Crippen molar-refractivity contribution >= 4 is 46.9 Å². The molecular formula is C19H15Cl2N3O5. The lowest BCUT2D eigenvalue weighted by Gasteiger charge is -2.11. The Bertz CT molecular complexity index is 998. The molecule has 0 aromatic heterocycles. The minimum absolute atomic E-state index is 0.0163. The molecule has 2 aromatic rings. The molecule has 0 radical (unpaired) electrons. The fraction of sp³-hybridized carbons (Fsp3) is 0.158. The third kappa shape index (κ3) is 4.49. The normalized spacial score (nSPS) is 15.0. The Morgan fingerprint density at radius 2 is 1.79 bits per heavy atom. The number of non-ortho nitro benzene ring substituents is 1. The van der Waals surface area contributed by atoms with Crippen molar-refractivity contribution < 1.29 is 19.2 Å². The molecule has 8 nitrogen and oxygen atoms in total. The molecule has 2 aromatic carbocycles. The van der Waals surface area contributed by atoms with Crippen molar-refractivity contribution in [1.82, 2.24) is 10.2 Å². The van der Waals surface area contributed by atoms with Crippen molar-refractivity contribution in [3.8, 4) is 5.75 Å². The summed E-state index contributed by atoms with van der Waals surface area (Å²) < 4.78 is 5.65. The molecule has 0 bridgehead atoms. The molecule has 0 saturated carbocycles. The van der Waals surface area contributed by atoms with Crippen LogP contribution in [0, 0.1) is 10.1 Å². The third-order valence-corrected chi connectivity index (χ3v) is 4.70.